The summed E-state index contributed by atoms with van der Waals surface area (Å²) in [5.41, 5.74) is -5.43. The van der Waals surface area contributed by atoms with Crippen LogP contribution in [0.2, 0.25) is 5.02 Å². The molecule has 45 heavy (non-hydrogen) atoms. The zero-order chi connectivity index (χ0) is 32.4. The maximum absolute atomic E-state index is 14.2. The van der Waals surface area contributed by atoms with E-state index in [1.807, 2.05) is 0 Å². The molecule has 1 heterocycles. The number of pyridine rings is 1. The number of aromatic hydroxyl groups is 3. The SMILES string of the molecule is CCCCCCON=Cc1cc2c(Cl)c3c(c(O)c2c(=O)[nH]1)[C@@]1(CC3)C(=O)c2c(O)c3c(c(O)c2C1=O)C(=O)C(OC)=CC3=O. The summed E-state index contributed by atoms with van der Waals surface area (Å²) in [6, 6.07) is 1.48. The second kappa shape index (κ2) is 10.9. The molecule has 13 heteroatoms. The Morgan fingerprint density at radius 1 is 0.978 bits per heavy atom. The third-order valence-corrected chi connectivity index (χ3v) is 9.15. The number of nitrogens with zero attached hydrogens (tertiary/aromatic N) is 1. The van der Waals surface area contributed by atoms with Gasteiger partial charge in [0.15, 0.2) is 23.1 Å². The van der Waals surface area contributed by atoms with Crippen LogP contribution in [-0.4, -0.2) is 63.4 Å². The van der Waals surface area contributed by atoms with E-state index < -0.39 is 79.4 Å². The molecule has 0 radical (unpaired) electrons. The number of carbonyl (C=O) groups is 4. The van der Waals surface area contributed by atoms with E-state index in [0.717, 1.165) is 38.9 Å². The number of allylic oxidation sites excluding steroid dienone is 2. The van der Waals surface area contributed by atoms with E-state index in [2.05, 4.69) is 17.1 Å². The number of methoxy groups -OCH3 is 1. The largest absolute Gasteiger partial charge is 0.507 e. The molecule has 0 bridgehead atoms. The average molecular weight is 635 g/mol. The number of H-pyrrole nitrogens is 1. The van der Waals surface area contributed by atoms with Crippen molar-refractivity contribution in [2.75, 3.05) is 13.7 Å². The van der Waals surface area contributed by atoms with Gasteiger partial charge < -0.3 is 29.9 Å². The highest BCUT2D eigenvalue weighted by molar-refractivity contribution is 6.41. The second-order valence-corrected chi connectivity index (χ2v) is 11.5. The molecule has 232 valence electrons. The lowest BCUT2D eigenvalue weighted by atomic mass is 9.76. The van der Waals surface area contributed by atoms with Gasteiger partial charge in [0.25, 0.3) is 5.56 Å². The van der Waals surface area contributed by atoms with Crippen LogP contribution in [0.15, 0.2) is 27.9 Å². The van der Waals surface area contributed by atoms with Crippen molar-refractivity contribution in [3.8, 4) is 17.2 Å². The summed E-state index contributed by atoms with van der Waals surface area (Å²) in [7, 11) is 1.13. The topological polar surface area (TPSA) is 193 Å². The van der Waals surface area contributed by atoms with Crippen LogP contribution < -0.4 is 5.56 Å². The lowest BCUT2D eigenvalue weighted by molar-refractivity contribution is 0.0790. The Bertz CT molecular complexity index is 2010. The number of ether oxygens (including phenoxy) is 1. The van der Waals surface area contributed by atoms with Gasteiger partial charge in [-0.05, 0) is 37.3 Å². The lowest BCUT2D eigenvalue weighted by Gasteiger charge is -2.23. The van der Waals surface area contributed by atoms with Crippen LogP contribution in [0.5, 0.6) is 17.2 Å². The summed E-state index contributed by atoms with van der Waals surface area (Å²) in [5.74, 6) is -6.95. The number of hydrogen-bond donors (Lipinski definition) is 4. The molecule has 1 atom stereocenters. The van der Waals surface area contributed by atoms with Gasteiger partial charge in [-0.1, -0.05) is 36.5 Å². The third-order valence-electron chi connectivity index (χ3n) is 8.72. The van der Waals surface area contributed by atoms with Gasteiger partial charge in [0, 0.05) is 17.0 Å². The van der Waals surface area contributed by atoms with Gasteiger partial charge >= 0.3 is 0 Å². The number of benzene rings is 2. The average Bonchev–Trinajstić information content (AvgIpc) is 3.52. The number of Topliss-reactive ketones (excluding diaryl/α,β-unsaturated/α-hetero) is 3. The summed E-state index contributed by atoms with van der Waals surface area (Å²) in [6.07, 6.45) is 5.86. The van der Waals surface area contributed by atoms with Gasteiger partial charge in [-0.3, -0.25) is 24.0 Å². The molecule has 0 fully saturated rings. The maximum atomic E-state index is 14.2. The summed E-state index contributed by atoms with van der Waals surface area (Å²) in [6.45, 7) is 2.50. The Balaban J connectivity index is 1.47. The maximum Gasteiger partial charge on any atom is 0.260 e. The predicted octanol–water partition coefficient (Wildman–Crippen LogP) is 4.40. The highest BCUT2D eigenvalue weighted by atomic mass is 35.5. The predicted molar refractivity (Wildman–Crippen MR) is 161 cm³/mol. The summed E-state index contributed by atoms with van der Waals surface area (Å²) in [5, 5.41) is 37.6. The number of carbonyl (C=O) groups excluding carboxylic acids is 4. The van der Waals surface area contributed by atoms with Crippen LogP contribution in [0, 0.1) is 0 Å². The number of ketones is 4. The van der Waals surface area contributed by atoms with Crippen molar-refractivity contribution in [3.63, 3.8) is 0 Å². The first-order valence-corrected chi connectivity index (χ1v) is 14.7. The second-order valence-electron chi connectivity index (χ2n) is 11.2. The van der Waals surface area contributed by atoms with Crippen LogP contribution in [0.25, 0.3) is 10.8 Å². The van der Waals surface area contributed by atoms with E-state index in [4.69, 9.17) is 21.2 Å². The van der Waals surface area contributed by atoms with Crippen LogP contribution in [0.3, 0.4) is 0 Å². The molecular weight excluding hydrogens is 608 g/mol. The van der Waals surface area contributed by atoms with Crippen molar-refractivity contribution >= 4 is 51.7 Å². The molecule has 3 aliphatic rings. The van der Waals surface area contributed by atoms with E-state index in [9.17, 15) is 39.3 Å². The molecule has 3 aliphatic carbocycles. The Morgan fingerprint density at radius 2 is 1.67 bits per heavy atom. The molecular formula is C32H27ClN2O10. The number of aromatic amines is 1. The normalized spacial score (nSPS) is 18.6. The zero-order valence-electron chi connectivity index (χ0n) is 24.2. The number of rotatable bonds is 8. The van der Waals surface area contributed by atoms with Gasteiger partial charge in [-0.25, -0.2) is 0 Å². The summed E-state index contributed by atoms with van der Waals surface area (Å²) >= 11 is 6.77. The number of unbranched alkanes of at least 4 members (excludes halogenated alkanes) is 3. The smallest absolute Gasteiger partial charge is 0.260 e. The minimum Gasteiger partial charge on any atom is -0.507 e. The molecule has 2 aromatic carbocycles. The fourth-order valence-corrected chi connectivity index (χ4v) is 6.95. The van der Waals surface area contributed by atoms with E-state index in [1.165, 1.54) is 12.3 Å². The number of fused-ring (bicyclic) bond motifs is 5. The van der Waals surface area contributed by atoms with Gasteiger partial charge in [-0.15, -0.1) is 0 Å². The zero-order valence-corrected chi connectivity index (χ0v) is 25.0. The van der Waals surface area contributed by atoms with Crippen molar-refractivity contribution in [3.05, 3.63) is 72.4 Å². The van der Waals surface area contributed by atoms with Crippen molar-refractivity contribution in [2.24, 2.45) is 5.16 Å². The first-order chi connectivity index (χ1) is 21.5. The molecule has 0 saturated carbocycles. The van der Waals surface area contributed by atoms with Crippen LogP contribution in [0.4, 0.5) is 0 Å². The van der Waals surface area contributed by atoms with Crippen molar-refractivity contribution in [1.82, 2.24) is 4.98 Å². The number of phenolic OH excluding ortho intramolecular Hbond substituents is 3. The molecule has 1 aromatic heterocycles. The van der Waals surface area contributed by atoms with Crippen LogP contribution >= 0.6 is 11.6 Å². The van der Waals surface area contributed by atoms with E-state index in [1.54, 1.807) is 0 Å². The Morgan fingerprint density at radius 3 is 2.33 bits per heavy atom. The number of phenols is 3. The Kier molecular flexibility index (Phi) is 7.27. The third kappa shape index (κ3) is 4.12. The molecule has 4 N–H and O–H groups in total. The van der Waals surface area contributed by atoms with Crippen molar-refractivity contribution in [2.45, 2.75) is 50.9 Å². The molecule has 0 aliphatic heterocycles. The number of nitrogens with one attached hydrogen (secondary N) is 1. The fraction of sp³-hybridized carbons (Fsp3) is 0.312. The van der Waals surface area contributed by atoms with E-state index >= 15 is 0 Å². The van der Waals surface area contributed by atoms with Crippen LogP contribution in [0.1, 0.15) is 97.3 Å². The van der Waals surface area contributed by atoms with Crippen molar-refractivity contribution < 1.29 is 44.1 Å². The first kappa shape index (κ1) is 30.1. The molecule has 3 aromatic rings. The summed E-state index contributed by atoms with van der Waals surface area (Å²) < 4.78 is 4.92. The molecule has 0 unspecified atom stereocenters. The van der Waals surface area contributed by atoms with E-state index in [0.29, 0.717) is 6.61 Å². The van der Waals surface area contributed by atoms with Crippen LogP contribution in [-0.2, 0) is 21.4 Å². The Labute approximate surface area is 259 Å². The quantitative estimate of drug-likeness (QED) is 0.0907. The van der Waals surface area contributed by atoms with Gasteiger partial charge in [0.2, 0.25) is 5.78 Å². The molecule has 0 amide bonds. The molecule has 1 spiro atoms. The standard InChI is InChI=1S/C32H27ClN2O10/c1-3-4-5-6-9-45-34-12-13-10-15-18(31(43)35-13)28(40)23-14(24(15)33)7-8-32(23)29(41)21-22(30(32)42)27(39)20-19(26(21)38)16(36)11-17(44-2)25(20)37/h10-12,38-40H,3-9H2,1-2H3,(H,35,43)/t32-/m0/s1. The van der Waals surface area contributed by atoms with Gasteiger partial charge in [-0.2, -0.15) is 0 Å². The number of halogens is 1. The van der Waals surface area contributed by atoms with Crippen molar-refractivity contribution in [1.29, 1.82) is 0 Å². The molecule has 0 saturated heterocycles. The highest BCUT2D eigenvalue weighted by Crippen LogP contribution is 2.58. The monoisotopic (exact) mass is 634 g/mol. The summed E-state index contributed by atoms with van der Waals surface area (Å²) in [4.78, 5) is 75.2. The van der Waals surface area contributed by atoms with Gasteiger partial charge in [0.1, 0.15) is 29.3 Å². The highest BCUT2D eigenvalue weighted by Gasteiger charge is 2.62. The minimum atomic E-state index is -2.19. The lowest BCUT2D eigenvalue weighted by Crippen LogP contribution is -2.36. The molecule has 12 nitrogen and oxygen atoms in total. The number of aromatic nitrogens is 1. The minimum absolute atomic E-state index is 0.00864. The Hall–Kier alpha value is -4.97. The van der Waals surface area contributed by atoms with Gasteiger partial charge in [0.05, 0.1) is 51.7 Å². The number of oxime groups is 1. The molecule has 6 rings (SSSR count). The fourth-order valence-electron chi connectivity index (χ4n) is 6.61. The van der Waals surface area contributed by atoms with E-state index in [-0.39, 0.29) is 45.5 Å². The number of hydrogen-bond acceptors (Lipinski definition) is 11. The first-order valence-electron chi connectivity index (χ1n) is 14.3.